The molecule has 6 atom stereocenters. The van der Waals surface area contributed by atoms with Gasteiger partial charge in [0.15, 0.2) is 12.2 Å². The van der Waals surface area contributed by atoms with Crippen LogP contribution < -0.4 is 0 Å². The molecular weight excluding hydrogens is 1290 g/mol. The zero-order chi connectivity index (χ0) is 72.7. The summed E-state index contributed by atoms with van der Waals surface area (Å²) in [5.41, 5.74) is 0. The molecule has 0 aliphatic rings. The third kappa shape index (κ3) is 72.8. The largest absolute Gasteiger partial charge is 0.472 e. The minimum absolute atomic E-state index is 0.108. The van der Waals surface area contributed by atoms with Gasteiger partial charge in [-0.1, -0.05) is 375 Å². The molecule has 0 saturated carbocycles. The summed E-state index contributed by atoms with van der Waals surface area (Å²) in [6, 6.07) is 0. The molecule has 0 aromatic rings. The number of phosphoric acid groups is 2. The average molecular weight is 1450 g/mol. The third-order valence-electron chi connectivity index (χ3n) is 19.1. The number of carbonyl (C=O) groups excluding carboxylic acids is 4. The van der Waals surface area contributed by atoms with E-state index in [1.807, 2.05) is 0 Å². The van der Waals surface area contributed by atoms with E-state index in [1.165, 1.54) is 250 Å². The standard InChI is InChI=1S/C80H156O17P2/c1-6-10-13-16-19-22-25-27-28-29-30-31-32-33-34-35-37-39-46-51-56-61-66-80(85)97-76(70-91-78(83)64-59-54-49-44-41-40-42-47-52-57-62-73(5)9-4)72-95-99(88,89)93-68-74(81)67-92-98(86,87)94-71-75(69-90-77(82)63-58-53-48-43-24-21-18-15-12-8-3)96-79(84)65-60-55-50-45-38-36-26-23-20-17-14-11-7-2/h73-76,81H,6-72H2,1-5H3,(H,86,87)(H,88,89)/t73?,74-,75+,76+/m0/s1. The highest BCUT2D eigenvalue weighted by molar-refractivity contribution is 7.47. The third-order valence-corrected chi connectivity index (χ3v) is 21.0. The van der Waals surface area contributed by atoms with Crippen LogP contribution >= 0.6 is 15.6 Å². The van der Waals surface area contributed by atoms with Crippen LogP contribution in [0.4, 0.5) is 0 Å². The Kier molecular flexibility index (Phi) is 71.6. The van der Waals surface area contributed by atoms with E-state index < -0.39 is 97.5 Å². The van der Waals surface area contributed by atoms with Crippen LogP contribution in [0.3, 0.4) is 0 Å². The van der Waals surface area contributed by atoms with Gasteiger partial charge in [0.2, 0.25) is 0 Å². The van der Waals surface area contributed by atoms with Crippen LogP contribution in [0.1, 0.15) is 426 Å². The van der Waals surface area contributed by atoms with Crippen molar-refractivity contribution in [2.45, 2.75) is 445 Å². The van der Waals surface area contributed by atoms with Crippen molar-refractivity contribution in [2.75, 3.05) is 39.6 Å². The predicted octanol–water partition coefficient (Wildman–Crippen LogP) is 24.0. The van der Waals surface area contributed by atoms with Gasteiger partial charge >= 0.3 is 39.5 Å². The molecular formula is C80H156O17P2. The highest BCUT2D eigenvalue weighted by Gasteiger charge is 2.30. The number of hydrogen-bond donors (Lipinski definition) is 3. The smallest absolute Gasteiger partial charge is 0.462 e. The number of aliphatic hydroxyl groups is 1. The Morgan fingerprint density at radius 2 is 0.485 bits per heavy atom. The molecule has 3 N–H and O–H groups in total. The first-order chi connectivity index (χ1) is 48.1. The van der Waals surface area contributed by atoms with Gasteiger partial charge in [-0.05, 0) is 31.6 Å². The van der Waals surface area contributed by atoms with Gasteiger partial charge in [0.05, 0.1) is 26.4 Å². The monoisotopic (exact) mass is 1450 g/mol. The molecule has 99 heavy (non-hydrogen) atoms. The first-order valence-corrected chi connectivity index (χ1v) is 44.7. The molecule has 0 bridgehead atoms. The molecule has 0 amide bonds. The van der Waals surface area contributed by atoms with E-state index in [1.54, 1.807) is 0 Å². The Balaban J connectivity index is 5.20. The molecule has 0 saturated heterocycles. The lowest BCUT2D eigenvalue weighted by molar-refractivity contribution is -0.161. The molecule has 19 heteroatoms. The highest BCUT2D eigenvalue weighted by atomic mass is 31.2. The van der Waals surface area contributed by atoms with Gasteiger partial charge in [-0.3, -0.25) is 37.3 Å². The number of rotatable bonds is 80. The van der Waals surface area contributed by atoms with Crippen LogP contribution in [-0.2, 0) is 65.4 Å². The van der Waals surface area contributed by atoms with Crippen molar-refractivity contribution in [2.24, 2.45) is 5.92 Å². The van der Waals surface area contributed by atoms with E-state index in [2.05, 4.69) is 34.6 Å². The number of unbranched alkanes of at least 4 members (excludes halogenated alkanes) is 51. The number of hydrogen-bond acceptors (Lipinski definition) is 15. The molecule has 0 spiro atoms. The quantitative estimate of drug-likeness (QED) is 0.0222. The Morgan fingerprint density at radius 1 is 0.283 bits per heavy atom. The zero-order valence-electron chi connectivity index (χ0n) is 64.6. The van der Waals surface area contributed by atoms with Crippen molar-refractivity contribution >= 4 is 39.5 Å². The predicted molar refractivity (Wildman–Crippen MR) is 405 cm³/mol. The zero-order valence-corrected chi connectivity index (χ0v) is 66.4. The number of ether oxygens (including phenoxy) is 4. The van der Waals surface area contributed by atoms with E-state index in [9.17, 15) is 43.2 Å². The number of carbonyl (C=O) groups is 4. The molecule has 17 nitrogen and oxygen atoms in total. The summed E-state index contributed by atoms with van der Waals surface area (Å²) in [6.07, 6.45) is 63.8. The molecule has 0 aromatic carbocycles. The molecule has 588 valence electrons. The number of aliphatic hydroxyl groups excluding tert-OH is 1. The topological polar surface area (TPSA) is 237 Å². The van der Waals surface area contributed by atoms with Crippen molar-refractivity contribution in [1.82, 2.24) is 0 Å². The summed E-state index contributed by atoms with van der Waals surface area (Å²) >= 11 is 0. The van der Waals surface area contributed by atoms with E-state index in [0.29, 0.717) is 25.7 Å². The van der Waals surface area contributed by atoms with E-state index in [0.717, 1.165) is 95.8 Å². The second kappa shape index (κ2) is 73.0. The Hall–Kier alpha value is -1.94. The molecule has 0 rings (SSSR count). The number of phosphoric ester groups is 2. The number of esters is 4. The lowest BCUT2D eigenvalue weighted by Crippen LogP contribution is -2.30. The molecule has 0 fully saturated rings. The second-order valence-electron chi connectivity index (χ2n) is 29.1. The van der Waals surface area contributed by atoms with Crippen LogP contribution in [0, 0.1) is 5.92 Å². The fourth-order valence-corrected chi connectivity index (χ4v) is 14.0. The van der Waals surface area contributed by atoms with Gasteiger partial charge in [-0.15, -0.1) is 0 Å². The van der Waals surface area contributed by atoms with E-state index in [4.69, 9.17) is 37.0 Å². The molecule has 0 radical (unpaired) electrons. The maximum absolute atomic E-state index is 13.1. The van der Waals surface area contributed by atoms with Gasteiger partial charge in [0.1, 0.15) is 19.3 Å². The van der Waals surface area contributed by atoms with Gasteiger partial charge in [0, 0.05) is 25.7 Å². The summed E-state index contributed by atoms with van der Waals surface area (Å²) in [4.78, 5) is 72.9. The van der Waals surface area contributed by atoms with Crippen molar-refractivity contribution in [3.05, 3.63) is 0 Å². The summed E-state index contributed by atoms with van der Waals surface area (Å²) in [5, 5.41) is 10.6. The van der Waals surface area contributed by atoms with Gasteiger partial charge in [-0.25, -0.2) is 9.13 Å². The minimum atomic E-state index is -4.96. The fourth-order valence-electron chi connectivity index (χ4n) is 12.4. The van der Waals surface area contributed by atoms with Crippen LogP contribution in [0.2, 0.25) is 0 Å². The molecule has 0 heterocycles. The maximum atomic E-state index is 13.1. The van der Waals surface area contributed by atoms with Gasteiger partial charge < -0.3 is 33.8 Å². The normalized spacial score (nSPS) is 14.1. The fraction of sp³-hybridized carbons (Fsp3) is 0.950. The highest BCUT2D eigenvalue weighted by Crippen LogP contribution is 2.45. The lowest BCUT2D eigenvalue weighted by atomic mass is 9.99. The minimum Gasteiger partial charge on any atom is -0.462 e. The SMILES string of the molecule is CCCCCCCCCCCCCCCCCCCCCCCCC(=O)O[C@H](COC(=O)CCCCCCCCCCCCC(C)CC)COP(=O)(O)OC[C@@H](O)COP(=O)(O)OC[C@@H](COC(=O)CCCCCCCCCCCC)OC(=O)CCCCCCCCCCCCCCC. The first kappa shape index (κ1) is 97.1. The second-order valence-corrected chi connectivity index (χ2v) is 32.0. The average Bonchev–Trinajstić information content (AvgIpc) is 1.37. The van der Waals surface area contributed by atoms with E-state index >= 15 is 0 Å². The first-order valence-electron chi connectivity index (χ1n) is 41.7. The van der Waals surface area contributed by atoms with Gasteiger partial charge in [0.25, 0.3) is 0 Å². The summed E-state index contributed by atoms with van der Waals surface area (Å²) in [5.74, 6) is -1.30. The van der Waals surface area contributed by atoms with Crippen LogP contribution in [0.25, 0.3) is 0 Å². The Bertz CT molecular complexity index is 1890. The van der Waals surface area contributed by atoms with Crippen molar-refractivity contribution in [3.63, 3.8) is 0 Å². The van der Waals surface area contributed by atoms with Gasteiger partial charge in [-0.2, -0.15) is 0 Å². The Labute approximate surface area is 607 Å². The Morgan fingerprint density at radius 3 is 0.717 bits per heavy atom. The summed E-state index contributed by atoms with van der Waals surface area (Å²) in [6.45, 7) is 7.34. The summed E-state index contributed by atoms with van der Waals surface area (Å²) in [7, 11) is -9.91. The van der Waals surface area contributed by atoms with Crippen LogP contribution in [0.15, 0.2) is 0 Å². The van der Waals surface area contributed by atoms with Crippen molar-refractivity contribution < 1.29 is 80.2 Å². The van der Waals surface area contributed by atoms with Crippen molar-refractivity contribution in [3.8, 4) is 0 Å². The van der Waals surface area contributed by atoms with Crippen molar-refractivity contribution in [1.29, 1.82) is 0 Å². The molecule has 0 aliphatic carbocycles. The van der Waals surface area contributed by atoms with Crippen LogP contribution in [0.5, 0.6) is 0 Å². The van der Waals surface area contributed by atoms with E-state index in [-0.39, 0.29) is 25.7 Å². The lowest BCUT2D eigenvalue weighted by Gasteiger charge is -2.21. The molecule has 0 aromatic heterocycles. The molecule has 0 aliphatic heterocycles. The van der Waals surface area contributed by atoms with Crippen LogP contribution in [-0.4, -0.2) is 96.7 Å². The molecule has 3 unspecified atom stereocenters. The maximum Gasteiger partial charge on any atom is 0.472 e. The summed E-state index contributed by atoms with van der Waals surface area (Å²) < 4.78 is 68.6.